The number of benzene rings is 1. The highest BCUT2D eigenvalue weighted by molar-refractivity contribution is 5.80. The van der Waals surface area contributed by atoms with E-state index < -0.39 is 6.10 Å². The predicted molar refractivity (Wildman–Crippen MR) is 79.9 cm³/mol. The molecule has 1 aromatic carbocycles. The van der Waals surface area contributed by atoms with Crippen molar-refractivity contribution in [2.45, 2.75) is 31.4 Å². The zero-order chi connectivity index (χ0) is 14.8. The first-order valence-corrected chi connectivity index (χ1v) is 7.46. The minimum absolute atomic E-state index is 0.0448. The monoisotopic (exact) mass is 287 g/mol. The number of carbonyl (C=O) groups excluding carboxylic acids is 1. The van der Waals surface area contributed by atoms with Crippen LogP contribution in [0.25, 0.3) is 0 Å². The number of amides is 1. The lowest BCUT2D eigenvalue weighted by Crippen LogP contribution is -2.35. The van der Waals surface area contributed by atoms with Crippen LogP contribution in [0.3, 0.4) is 0 Å². The topological polar surface area (TPSA) is 49.8 Å². The second-order valence-corrected chi connectivity index (χ2v) is 5.81. The van der Waals surface area contributed by atoms with E-state index >= 15 is 0 Å². The van der Waals surface area contributed by atoms with Crippen LogP contribution in [0.4, 0.5) is 0 Å². The van der Waals surface area contributed by atoms with Gasteiger partial charge in [-0.15, -0.1) is 0 Å². The van der Waals surface area contributed by atoms with Crippen LogP contribution in [-0.4, -0.2) is 35.7 Å². The smallest absolute Gasteiger partial charge is 0.226 e. The van der Waals surface area contributed by atoms with Crippen LogP contribution in [0, 0.1) is 5.92 Å². The van der Waals surface area contributed by atoms with E-state index in [0.29, 0.717) is 13.0 Å². The Kier molecular flexibility index (Phi) is 3.97. The number of hydrogen-bond acceptors (Lipinski definition) is 3. The number of nitrogens with zero attached hydrogens (tertiary/aromatic N) is 1. The minimum atomic E-state index is -0.445. The third-order valence-electron chi connectivity index (χ3n) is 4.40. The van der Waals surface area contributed by atoms with Gasteiger partial charge in [0.1, 0.15) is 5.75 Å². The Morgan fingerprint density at radius 1 is 1.33 bits per heavy atom. The molecule has 1 amide bonds. The van der Waals surface area contributed by atoms with E-state index in [-0.39, 0.29) is 17.9 Å². The van der Waals surface area contributed by atoms with Gasteiger partial charge in [0.25, 0.3) is 0 Å². The van der Waals surface area contributed by atoms with Gasteiger partial charge in [0.15, 0.2) is 0 Å². The van der Waals surface area contributed by atoms with Crippen molar-refractivity contribution in [3.63, 3.8) is 0 Å². The molecule has 2 aliphatic rings. The third-order valence-corrected chi connectivity index (χ3v) is 4.40. The first-order chi connectivity index (χ1) is 10.2. The van der Waals surface area contributed by atoms with Crippen molar-refractivity contribution < 1.29 is 14.6 Å². The van der Waals surface area contributed by atoms with Crippen molar-refractivity contribution in [1.82, 2.24) is 4.90 Å². The molecule has 2 atom stereocenters. The highest BCUT2D eigenvalue weighted by Gasteiger charge is 2.38. The number of carbonyl (C=O) groups is 1. The average molecular weight is 287 g/mol. The summed E-state index contributed by atoms with van der Waals surface area (Å²) >= 11 is 0. The van der Waals surface area contributed by atoms with Gasteiger partial charge in [-0.3, -0.25) is 4.79 Å². The highest BCUT2D eigenvalue weighted by atomic mass is 16.5. The molecule has 3 rings (SSSR count). The van der Waals surface area contributed by atoms with Gasteiger partial charge in [0.2, 0.25) is 5.91 Å². The van der Waals surface area contributed by atoms with Crippen LogP contribution < -0.4 is 4.74 Å². The highest BCUT2D eigenvalue weighted by Crippen LogP contribution is 2.36. The SMILES string of the molecule is COc1cccc([C@H]2C[C@@H](O)CN2C(=O)C2CC=CC2)c1. The lowest BCUT2D eigenvalue weighted by atomic mass is 10.0. The largest absolute Gasteiger partial charge is 0.497 e. The van der Waals surface area contributed by atoms with E-state index in [1.807, 2.05) is 29.2 Å². The molecule has 4 nitrogen and oxygen atoms in total. The van der Waals surface area contributed by atoms with Crippen molar-refractivity contribution in [2.24, 2.45) is 5.92 Å². The molecule has 1 aliphatic heterocycles. The van der Waals surface area contributed by atoms with Crippen molar-refractivity contribution >= 4 is 5.91 Å². The van der Waals surface area contributed by atoms with Crippen LogP contribution in [0.2, 0.25) is 0 Å². The molecule has 0 radical (unpaired) electrons. The maximum atomic E-state index is 12.7. The Hall–Kier alpha value is -1.81. The molecule has 112 valence electrons. The van der Waals surface area contributed by atoms with Crippen LogP contribution in [-0.2, 0) is 4.79 Å². The number of rotatable bonds is 3. The molecule has 1 saturated heterocycles. The molecule has 1 N–H and O–H groups in total. The van der Waals surface area contributed by atoms with Crippen molar-refractivity contribution in [2.75, 3.05) is 13.7 Å². The fourth-order valence-electron chi connectivity index (χ4n) is 3.28. The number of β-amino-alcohol motifs (C(OH)–C–C–N with tert-alkyl or cyclic N) is 1. The molecule has 1 heterocycles. The molecule has 0 saturated carbocycles. The summed E-state index contributed by atoms with van der Waals surface area (Å²) in [5.41, 5.74) is 1.03. The summed E-state index contributed by atoms with van der Waals surface area (Å²) in [6, 6.07) is 7.72. The summed E-state index contributed by atoms with van der Waals surface area (Å²) < 4.78 is 5.26. The van der Waals surface area contributed by atoms with Gasteiger partial charge >= 0.3 is 0 Å². The zero-order valence-corrected chi connectivity index (χ0v) is 12.2. The molecule has 0 aromatic heterocycles. The minimum Gasteiger partial charge on any atom is -0.497 e. The summed E-state index contributed by atoms with van der Waals surface area (Å²) in [5.74, 6) is 0.983. The number of likely N-dealkylation sites (tertiary alicyclic amines) is 1. The van der Waals surface area contributed by atoms with Gasteiger partial charge < -0.3 is 14.7 Å². The van der Waals surface area contributed by atoms with Gasteiger partial charge in [-0.2, -0.15) is 0 Å². The standard InChI is InChI=1S/C17H21NO3/c1-21-15-8-4-7-13(9-15)16-10-14(19)11-18(16)17(20)12-5-2-3-6-12/h2-4,7-9,12,14,16,19H,5-6,10-11H2,1H3/t14-,16-/m1/s1. The number of methoxy groups -OCH3 is 1. The van der Waals surface area contributed by atoms with E-state index in [0.717, 1.165) is 24.2 Å². The number of allylic oxidation sites excluding steroid dienone is 2. The van der Waals surface area contributed by atoms with E-state index in [9.17, 15) is 9.90 Å². The van der Waals surface area contributed by atoms with E-state index in [1.165, 1.54) is 0 Å². The Labute approximate surface area is 125 Å². The number of aliphatic hydroxyl groups excluding tert-OH is 1. The number of aliphatic hydroxyl groups is 1. The Morgan fingerprint density at radius 2 is 2.10 bits per heavy atom. The van der Waals surface area contributed by atoms with E-state index in [4.69, 9.17) is 4.74 Å². The summed E-state index contributed by atoms with van der Waals surface area (Å²) in [5, 5.41) is 10.0. The van der Waals surface area contributed by atoms with E-state index in [2.05, 4.69) is 12.2 Å². The van der Waals surface area contributed by atoms with Gasteiger partial charge in [-0.05, 0) is 37.0 Å². The predicted octanol–water partition coefficient (Wildman–Crippen LogP) is 2.30. The van der Waals surface area contributed by atoms with Gasteiger partial charge in [0, 0.05) is 12.5 Å². The molecule has 1 aromatic rings. The molecular weight excluding hydrogens is 266 g/mol. The normalized spacial score (nSPS) is 25.5. The van der Waals surface area contributed by atoms with Gasteiger partial charge in [-0.1, -0.05) is 24.3 Å². The summed E-state index contributed by atoms with van der Waals surface area (Å²) in [6.07, 6.45) is 5.91. The molecule has 0 unspecified atom stereocenters. The second kappa shape index (κ2) is 5.90. The van der Waals surface area contributed by atoms with Crippen molar-refractivity contribution in [3.05, 3.63) is 42.0 Å². The van der Waals surface area contributed by atoms with Crippen LogP contribution in [0.15, 0.2) is 36.4 Å². The molecule has 0 bridgehead atoms. The van der Waals surface area contributed by atoms with Crippen molar-refractivity contribution in [1.29, 1.82) is 0 Å². The van der Waals surface area contributed by atoms with E-state index in [1.54, 1.807) is 7.11 Å². The zero-order valence-electron chi connectivity index (χ0n) is 12.2. The summed E-state index contributed by atoms with van der Waals surface area (Å²) in [4.78, 5) is 14.5. The number of hydrogen-bond donors (Lipinski definition) is 1. The van der Waals surface area contributed by atoms with Gasteiger partial charge in [-0.25, -0.2) is 0 Å². The molecule has 0 spiro atoms. The Morgan fingerprint density at radius 3 is 2.81 bits per heavy atom. The summed E-state index contributed by atoms with van der Waals surface area (Å²) in [6.45, 7) is 0.428. The lowest BCUT2D eigenvalue weighted by Gasteiger charge is -2.27. The van der Waals surface area contributed by atoms with Gasteiger partial charge in [0.05, 0.1) is 19.3 Å². The fraction of sp³-hybridized carbons (Fsp3) is 0.471. The molecule has 4 heteroatoms. The Bertz CT molecular complexity index is 547. The second-order valence-electron chi connectivity index (χ2n) is 5.81. The maximum absolute atomic E-state index is 12.7. The lowest BCUT2D eigenvalue weighted by molar-refractivity contribution is -0.136. The average Bonchev–Trinajstić information content (AvgIpc) is 3.16. The fourth-order valence-corrected chi connectivity index (χ4v) is 3.28. The van der Waals surface area contributed by atoms with Crippen molar-refractivity contribution in [3.8, 4) is 5.75 Å². The molecule has 21 heavy (non-hydrogen) atoms. The van der Waals surface area contributed by atoms with Crippen LogP contribution in [0.1, 0.15) is 30.9 Å². The van der Waals surface area contributed by atoms with Crippen LogP contribution >= 0.6 is 0 Å². The maximum Gasteiger partial charge on any atom is 0.226 e. The molecule has 1 aliphatic carbocycles. The first-order valence-electron chi connectivity index (χ1n) is 7.46. The number of ether oxygens (including phenoxy) is 1. The quantitative estimate of drug-likeness (QED) is 0.868. The molecule has 1 fully saturated rings. The summed E-state index contributed by atoms with van der Waals surface area (Å²) in [7, 11) is 1.63. The first kappa shape index (κ1) is 14.1. The molecular formula is C17H21NO3. The Balaban J connectivity index is 1.83. The third kappa shape index (κ3) is 2.81. The van der Waals surface area contributed by atoms with Crippen LogP contribution in [0.5, 0.6) is 5.75 Å².